The summed E-state index contributed by atoms with van der Waals surface area (Å²) in [4.78, 5) is 25.0. The summed E-state index contributed by atoms with van der Waals surface area (Å²) in [7, 11) is 0. The van der Waals surface area contributed by atoms with Crippen molar-refractivity contribution >= 4 is 11.8 Å². The molecule has 0 radical (unpaired) electrons. The van der Waals surface area contributed by atoms with Gasteiger partial charge >= 0.3 is 0 Å². The molecule has 0 aliphatic carbocycles. The minimum atomic E-state index is -2.08. The summed E-state index contributed by atoms with van der Waals surface area (Å²) in [6, 6.07) is 0. The predicted octanol–water partition coefficient (Wildman–Crippen LogP) is -2.22. The van der Waals surface area contributed by atoms with Gasteiger partial charge in [0, 0.05) is 13.1 Å². The maximum atomic E-state index is 12.6. The second-order valence-electron chi connectivity index (χ2n) is 7.00. The lowest BCUT2D eigenvalue weighted by atomic mass is 10.0. The van der Waals surface area contributed by atoms with Gasteiger partial charge in [0.2, 0.25) is 5.91 Å². The van der Waals surface area contributed by atoms with E-state index in [1.165, 1.54) is 4.90 Å². The molecule has 10 N–H and O–H groups in total. The maximum Gasteiger partial charge on any atom is 0.254 e. The Morgan fingerprint density at radius 1 is 0.679 bits per heavy atom. The Morgan fingerprint density at radius 2 is 1.07 bits per heavy atom. The van der Waals surface area contributed by atoms with Crippen LogP contribution in [0.1, 0.15) is 51.4 Å². The zero-order chi connectivity index (χ0) is 21.5. The molecule has 0 aromatic carbocycles. The van der Waals surface area contributed by atoms with Gasteiger partial charge in [0.25, 0.3) is 5.91 Å². The van der Waals surface area contributed by atoms with Gasteiger partial charge in [-0.3, -0.25) is 9.59 Å². The Labute approximate surface area is 166 Å². The van der Waals surface area contributed by atoms with Crippen LogP contribution in [0.15, 0.2) is 0 Å². The van der Waals surface area contributed by atoms with Crippen LogP contribution >= 0.6 is 0 Å². The Kier molecular flexibility index (Phi) is 14.9. The number of carbonyl (C=O) groups excluding carboxylic acids is 2. The number of hydrogen-bond donors (Lipinski definition) is 7. The molecule has 2 amide bonds. The first-order valence-corrected chi connectivity index (χ1v) is 9.98. The smallest absolute Gasteiger partial charge is 0.254 e. The first kappa shape index (κ1) is 26.7. The molecule has 28 heavy (non-hydrogen) atoms. The zero-order valence-electron chi connectivity index (χ0n) is 16.6. The summed E-state index contributed by atoms with van der Waals surface area (Å²) in [5, 5.41) is 39.3. The van der Waals surface area contributed by atoms with E-state index in [0.717, 1.165) is 38.5 Å². The number of aliphatic hydroxyl groups excluding tert-OH is 4. The number of rotatable bonds is 17. The number of unbranched alkanes of at least 4 members (excludes halogenated alkanes) is 6. The Bertz CT molecular complexity index is 426. The summed E-state index contributed by atoms with van der Waals surface area (Å²) >= 11 is 0. The van der Waals surface area contributed by atoms with Crippen molar-refractivity contribution in [3.63, 3.8) is 0 Å². The van der Waals surface area contributed by atoms with Crippen LogP contribution in [0.4, 0.5) is 0 Å². The Hall–Kier alpha value is -1.30. The second-order valence-corrected chi connectivity index (χ2v) is 7.00. The Morgan fingerprint density at radius 3 is 1.46 bits per heavy atom. The highest BCUT2D eigenvalue weighted by atomic mass is 16.4. The molecule has 0 aromatic rings. The van der Waals surface area contributed by atoms with Crippen molar-refractivity contribution in [2.75, 3.05) is 26.2 Å². The van der Waals surface area contributed by atoms with Crippen LogP contribution in [0.3, 0.4) is 0 Å². The van der Waals surface area contributed by atoms with Crippen LogP contribution < -0.4 is 17.2 Å². The molecular weight excluding hydrogens is 368 g/mol. The largest absolute Gasteiger partial charge is 0.387 e. The first-order chi connectivity index (χ1) is 13.3. The monoisotopic (exact) mass is 406 g/mol. The van der Waals surface area contributed by atoms with Crippen molar-refractivity contribution < 1.29 is 30.0 Å². The van der Waals surface area contributed by atoms with Gasteiger partial charge < -0.3 is 42.5 Å². The quantitative estimate of drug-likeness (QED) is 0.132. The maximum absolute atomic E-state index is 12.6. The third-order valence-corrected chi connectivity index (χ3v) is 4.62. The minimum absolute atomic E-state index is 0.387. The molecule has 0 bridgehead atoms. The molecule has 166 valence electrons. The first-order valence-electron chi connectivity index (χ1n) is 9.98. The number of hydrogen-bond acceptors (Lipinski definition) is 8. The van der Waals surface area contributed by atoms with Crippen molar-refractivity contribution in [3.05, 3.63) is 0 Å². The summed E-state index contributed by atoms with van der Waals surface area (Å²) in [5.41, 5.74) is 15.8. The van der Waals surface area contributed by atoms with Gasteiger partial charge in [0.15, 0.2) is 12.2 Å². The fraction of sp³-hybridized carbons (Fsp3) is 0.889. The van der Waals surface area contributed by atoms with Crippen LogP contribution in [0.5, 0.6) is 0 Å². The van der Waals surface area contributed by atoms with E-state index in [1.54, 1.807) is 0 Å². The molecule has 10 heteroatoms. The number of nitrogens with zero attached hydrogens (tertiary/aromatic N) is 1. The molecule has 0 saturated carbocycles. The lowest BCUT2D eigenvalue weighted by molar-refractivity contribution is -0.160. The normalized spacial score (nSPS) is 15.6. The van der Waals surface area contributed by atoms with Gasteiger partial charge in [0.05, 0.1) is 0 Å². The Balaban J connectivity index is 4.80. The van der Waals surface area contributed by atoms with Crippen molar-refractivity contribution in [2.24, 2.45) is 17.2 Å². The van der Waals surface area contributed by atoms with Gasteiger partial charge in [-0.25, -0.2) is 0 Å². The summed E-state index contributed by atoms with van der Waals surface area (Å²) in [6.07, 6.45) is -1.33. The van der Waals surface area contributed by atoms with Crippen molar-refractivity contribution in [1.82, 2.24) is 4.90 Å². The fourth-order valence-corrected chi connectivity index (χ4v) is 2.81. The van der Waals surface area contributed by atoms with E-state index >= 15 is 0 Å². The van der Waals surface area contributed by atoms with Crippen molar-refractivity contribution in [2.45, 2.75) is 75.8 Å². The van der Waals surface area contributed by atoms with Crippen LogP contribution in [0.25, 0.3) is 0 Å². The summed E-state index contributed by atoms with van der Waals surface area (Å²) in [6.45, 7) is 1.99. The summed E-state index contributed by atoms with van der Waals surface area (Å²) < 4.78 is 0. The lowest BCUT2D eigenvalue weighted by Gasteiger charge is -2.30. The van der Waals surface area contributed by atoms with Gasteiger partial charge in [-0.2, -0.15) is 0 Å². The zero-order valence-corrected chi connectivity index (χ0v) is 16.6. The highest BCUT2D eigenvalue weighted by Gasteiger charge is 2.38. The molecule has 0 aromatic heterocycles. The number of nitrogens with two attached hydrogens (primary N) is 3. The average molecular weight is 407 g/mol. The van der Waals surface area contributed by atoms with Gasteiger partial charge in [-0.05, 0) is 38.8 Å². The van der Waals surface area contributed by atoms with E-state index in [1.807, 2.05) is 0 Å². The number of aliphatic hydroxyl groups is 4. The standard InChI is InChI=1S/C18H38N4O6/c19-9-5-1-3-7-11-22(12-8-4-2-6-10-20)18(28)16(26)14(24)13(23)15(25)17(21)27/h13-16,23-26H,1-12,19-20H2,(H2,21,27)/t13-,14+,15+,16-/m1/s1. The molecular formula is C18H38N4O6. The van der Waals surface area contributed by atoms with E-state index in [9.17, 15) is 30.0 Å². The predicted molar refractivity (Wildman–Crippen MR) is 105 cm³/mol. The average Bonchev–Trinajstić information content (AvgIpc) is 2.68. The third kappa shape index (κ3) is 10.3. The molecule has 0 heterocycles. The topological polar surface area (TPSA) is 196 Å². The van der Waals surface area contributed by atoms with Crippen LogP contribution in [-0.2, 0) is 9.59 Å². The van der Waals surface area contributed by atoms with E-state index < -0.39 is 36.2 Å². The molecule has 0 aliphatic heterocycles. The highest BCUT2D eigenvalue weighted by molar-refractivity contribution is 5.82. The summed E-state index contributed by atoms with van der Waals surface area (Å²) in [5.74, 6) is -2.02. The second kappa shape index (κ2) is 15.6. The molecule has 0 spiro atoms. The van der Waals surface area contributed by atoms with Crippen molar-refractivity contribution in [1.29, 1.82) is 0 Å². The molecule has 10 nitrogen and oxygen atoms in total. The molecule has 0 saturated heterocycles. The van der Waals surface area contributed by atoms with Gasteiger partial charge in [-0.15, -0.1) is 0 Å². The highest BCUT2D eigenvalue weighted by Crippen LogP contribution is 2.12. The fourth-order valence-electron chi connectivity index (χ4n) is 2.81. The van der Waals surface area contributed by atoms with Crippen LogP contribution in [0.2, 0.25) is 0 Å². The molecule has 0 fully saturated rings. The van der Waals surface area contributed by atoms with Gasteiger partial charge in [0.1, 0.15) is 12.2 Å². The number of primary amides is 1. The molecule has 4 atom stereocenters. The van der Waals surface area contributed by atoms with E-state index in [2.05, 4.69) is 0 Å². The van der Waals surface area contributed by atoms with E-state index in [-0.39, 0.29) is 0 Å². The molecule has 0 unspecified atom stereocenters. The van der Waals surface area contributed by atoms with E-state index in [4.69, 9.17) is 17.2 Å². The van der Waals surface area contributed by atoms with Crippen LogP contribution in [-0.4, -0.2) is 87.7 Å². The van der Waals surface area contributed by atoms with Crippen LogP contribution in [0, 0.1) is 0 Å². The number of carbonyl (C=O) groups is 2. The third-order valence-electron chi connectivity index (χ3n) is 4.62. The molecule has 0 rings (SSSR count). The van der Waals surface area contributed by atoms with Crippen molar-refractivity contribution in [3.8, 4) is 0 Å². The lowest BCUT2D eigenvalue weighted by Crippen LogP contribution is -2.54. The van der Waals surface area contributed by atoms with Gasteiger partial charge in [-0.1, -0.05) is 25.7 Å². The molecule has 0 aliphatic rings. The number of amides is 2. The SMILES string of the molecule is NCCCCCCN(CCCCCCN)C(=O)[C@H](O)[C@@H](O)[C@@H](O)[C@H](O)C(N)=O. The van der Waals surface area contributed by atoms with E-state index in [0.29, 0.717) is 39.0 Å². The minimum Gasteiger partial charge on any atom is -0.387 e.